The summed E-state index contributed by atoms with van der Waals surface area (Å²) in [7, 11) is 1.91. The van der Waals surface area contributed by atoms with E-state index in [-0.39, 0.29) is 17.9 Å². The van der Waals surface area contributed by atoms with Crippen molar-refractivity contribution in [2.75, 3.05) is 13.2 Å². The van der Waals surface area contributed by atoms with Gasteiger partial charge < -0.3 is 15.0 Å². The van der Waals surface area contributed by atoms with E-state index < -0.39 is 0 Å². The van der Waals surface area contributed by atoms with Gasteiger partial charge in [-0.15, -0.1) is 0 Å². The highest BCUT2D eigenvalue weighted by Gasteiger charge is 2.30. The van der Waals surface area contributed by atoms with E-state index in [1.807, 2.05) is 23.9 Å². The normalized spacial score (nSPS) is 20.7. The molecule has 4 heterocycles. The minimum absolute atomic E-state index is 0.0525. The molecule has 8 nitrogen and oxygen atoms in total. The molecular formula is C17H20N6O2. The highest BCUT2D eigenvalue weighted by atomic mass is 16.5. The third-order valence-electron chi connectivity index (χ3n) is 4.63. The molecule has 0 aliphatic carbocycles. The molecule has 0 saturated carbocycles. The number of carbonyl (C=O) groups excluding carboxylic acids is 1. The quantitative estimate of drug-likeness (QED) is 0.751. The van der Waals surface area contributed by atoms with E-state index >= 15 is 0 Å². The topological polar surface area (TPSA) is 97.7 Å². The molecule has 0 aromatic carbocycles. The number of aryl methyl sites for hydroxylation is 1. The van der Waals surface area contributed by atoms with Gasteiger partial charge in [-0.1, -0.05) is 0 Å². The molecule has 0 radical (unpaired) electrons. The minimum Gasteiger partial charge on any atom is -0.372 e. The Bertz CT molecular complexity index is 886. The number of ether oxygens (including phenoxy) is 1. The maximum atomic E-state index is 12.4. The van der Waals surface area contributed by atoms with Crippen LogP contribution in [0.4, 0.5) is 0 Å². The molecular weight excluding hydrogens is 320 g/mol. The van der Waals surface area contributed by atoms with Gasteiger partial charge in [0.05, 0.1) is 17.5 Å². The average molecular weight is 340 g/mol. The number of hydrogen-bond acceptors (Lipinski definition) is 5. The largest absolute Gasteiger partial charge is 0.372 e. The van der Waals surface area contributed by atoms with Gasteiger partial charge in [-0.3, -0.25) is 9.48 Å². The van der Waals surface area contributed by atoms with Gasteiger partial charge in [0.25, 0.3) is 5.91 Å². The molecule has 1 fully saturated rings. The van der Waals surface area contributed by atoms with Gasteiger partial charge in [-0.25, -0.2) is 9.97 Å². The van der Waals surface area contributed by atoms with Crippen LogP contribution in [0, 0.1) is 5.92 Å². The molecule has 3 aromatic rings. The number of H-pyrrole nitrogens is 1. The van der Waals surface area contributed by atoms with Crippen LogP contribution in [0.15, 0.2) is 30.7 Å². The fourth-order valence-corrected chi connectivity index (χ4v) is 3.31. The molecule has 3 aromatic heterocycles. The highest BCUT2D eigenvalue weighted by Crippen LogP contribution is 2.32. The predicted molar refractivity (Wildman–Crippen MR) is 90.8 cm³/mol. The maximum absolute atomic E-state index is 12.4. The molecule has 1 aliphatic heterocycles. The zero-order valence-electron chi connectivity index (χ0n) is 14.0. The summed E-state index contributed by atoms with van der Waals surface area (Å²) in [5.41, 5.74) is 2.76. The van der Waals surface area contributed by atoms with Crippen molar-refractivity contribution in [3.05, 3.63) is 42.1 Å². The van der Waals surface area contributed by atoms with E-state index in [0.717, 1.165) is 30.7 Å². The lowest BCUT2D eigenvalue weighted by molar-refractivity contribution is -0.0317. The number of pyridine rings is 1. The number of hydrogen-bond donors (Lipinski definition) is 2. The van der Waals surface area contributed by atoms with Crippen molar-refractivity contribution < 1.29 is 9.53 Å². The number of fused-ring (bicyclic) bond motifs is 1. The second kappa shape index (κ2) is 6.64. The van der Waals surface area contributed by atoms with Crippen LogP contribution in [-0.2, 0) is 11.8 Å². The number of carbonyl (C=O) groups is 1. The van der Waals surface area contributed by atoms with E-state index in [1.165, 1.54) is 0 Å². The van der Waals surface area contributed by atoms with E-state index in [9.17, 15) is 4.79 Å². The first-order chi connectivity index (χ1) is 12.2. The smallest absolute Gasteiger partial charge is 0.269 e. The van der Waals surface area contributed by atoms with E-state index in [2.05, 4.69) is 25.4 Å². The second-order valence-corrected chi connectivity index (χ2v) is 6.25. The first-order valence-electron chi connectivity index (χ1n) is 8.40. The fourth-order valence-electron chi connectivity index (χ4n) is 3.31. The van der Waals surface area contributed by atoms with Crippen LogP contribution in [-0.4, -0.2) is 43.8 Å². The zero-order chi connectivity index (χ0) is 17.2. The second-order valence-electron chi connectivity index (χ2n) is 6.25. The fraction of sp³-hybridized carbons (Fsp3) is 0.412. The summed E-state index contributed by atoms with van der Waals surface area (Å²) in [6.07, 6.45) is 5.28. The first-order valence-corrected chi connectivity index (χ1v) is 8.40. The van der Waals surface area contributed by atoms with Crippen molar-refractivity contribution in [3.63, 3.8) is 0 Å². The summed E-state index contributed by atoms with van der Waals surface area (Å²) >= 11 is 0. The molecule has 2 N–H and O–H groups in total. The third-order valence-corrected chi connectivity index (χ3v) is 4.63. The van der Waals surface area contributed by atoms with Crippen molar-refractivity contribution in [2.24, 2.45) is 13.0 Å². The van der Waals surface area contributed by atoms with Crippen molar-refractivity contribution in [2.45, 2.75) is 18.9 Å². The number of aromatic nitrogens is 5. The summed E-state index contributed by atoms with van der Waals surface area (Å²) in [6, 6.07) is 5.48. The Kier molecular flexibility index (Phi) is 4.19. The van der Waals surface area contributed by atoms with Crippen molar-refractivity contribution in [3.8, 4) is 0 Å². The van der Waals surface area contributed by atoms with Gasteiger partial charge in [-0.2, -0.15) is 5.10 Å². The summed E-state index contributed by atoms with van der Waals surface area (Å²) in [6.45, 7) is 1.27. The van der Waals surface area contributed by atoms with Crippen LogP contribution in [0.3, 0.4) is 0 Å². The van der Waals surface area contributed by atoms with Gasteiger partial charge in [-0.05, 0) is 31.0 Å². The Morgan fingerprint density at radius 3 is 3.20 bits per heavy atom. The molecule has 130 valence electrons. The van der Waals surface area contributed by atoms with E-state index in [4.69, 9.17) is 4.74 Å². The summed E-state index contributed by atoms with van der Waals surface area (Å²) in [5, 5.41) is 7.21. The monoisotopic (exact) mass is 340 g/mol. The number of nitrogens with zero attached hydrogens (tertiary/aromatic N) is 4. The maximum Gasteiger partial charge on any atom is 0.269 e. The molecule has 0 unspecified atom stereocenters. The molecule has 1 amide bonds. The number of aromatic amines is 1. The Morgan fingerprint density at radius 2 is 2.36 bits per heavy atom. The Labute approximate surface area is 144 Å². The van der Waals surface area contributed by atoms with Gasteiger partial charge in [0.2, 0.25) is 0 Å². The lowest BCUT2D eigenvalue weighted by Gasteiger charge is -2.31. The van der Waals surface area contributed by atoms with Gasteiger partial charge in [0, 0.05) is 32.3 Å². The standard InChI is InChI=1S/C17H20N6O2/c1-23-14(6-7-21-23)15-11(3-2-8-25-15)9-18-17(24)13-5-4-12-16(22-13)20-10-19-12/h4-7,10-11,15H,2-3,8-9H2,1H3,(H,18,24)(H,19,20,22)/t11-,15+/m0/s1. The van der Waals surface area contributed by atoms with E-state index in [0.29, 0.717) is 17.9 Å². The van der Waals surface area contributed by atoms with Crippen LogP contribution < -0.4 is 5.32 Å². The molecule has 0 bridgehead atoms. The molecule has 8 heteroatoms. The summed E-state index contributed by atoms with van der Waals surface area (Å²) < 4.78 is 7.79. The van der Waals surface area contributed by atoms with Gasteiger partial charge in [0.1, 0.15) is 11.8 Å². The lowest BCUT2D eigenvalue weighted by Crippen LogP contribution is -2.36. The molecule has 4 rings (SSSR count). The molecule has 25 heavy (non-hydrogen) atoms. The van der Waals surface area contributed by atoms with Crippen LogP contribution in [0.1, 0.15) is 35.1 Å². The Hall–Kier alpha value is -2.74. The number of nitrogens with one attached hydrogen (secondary N) is 2. The van der Waals surface area contributed by atoms with Crippen molar-refractivity contribution >= 4 is 17.1 Å². The minimum atomic E-state index is -0.195. The van der Waals surface area contributed by atoms with Crippen LogP contribution >= 0.6 is 0 Å². The van der Waals surface area contributed by atoms with Gasteiger partial charge >= 0.3 is 0 Å². The average Bonchev–Trinajstić information content (AvgIpc) is 3.27. The number of amides is 1. The lowest BCUT2D eigenvalue weighted by atomic mass is 9.92. The molecule has 0 spiro atoms. The van der Waals surface area contributed by atoms with Crippen LogP contribution in [0.5, 0.6) is 0 Å². The Balaban J connectivity index is 1.45. The molecule has 2 atom stereocenters. The summed E-state index contributed by atoms with van der Waals surface area (Å²) in [4.78, 5) is 23.8. The first kappa shape index (κ1) is 15.8. The highest BCUT2D eigenvalue weighted by molar-refractivity contribution is 5.93. The van der Waals surface area contributed by atoms with E-state index in [1.54, 1.807) is 18.6 Å². The van der Waals surface area contributed by atoms with Crippen LogP contribution in [0.25, 0.3) is 11.2 Å². The molecule has 1 saturated heterocycles. The van der Waals surface area contributed by atoms with Crippen molar-refractivity contribution in [1.82, 2.24) is 30.0 Å². The third kappa shape index (κ3) is 3.12. The Morgan fingerprint density at radius 1 is 1.44 bits per heavy atom. The predicted octanol–water partition coefficient (Wildman–Crippen LogP) is 1.59. The van der Waals surface area contributed by atoms with Crippen LogP contribution in [0.2, 0.25) is 0 Å². The number of imidazole rings is 1. The SMILES string of the molecule is Cn1nccc1[C@@H]1OCCC[C@H]1CNC(=O)c1ccc2[nH]cnc2n1. The number of rotatable bonds is 4. The zero-order valence-corrected chi connectivity index (χ0v) is 14.0. The molecule has 1 aliphatic rings. The van der Waals surface area contributed by atoms with Gasteiger partial charge in [0.15, 0.2) is 5.65 Å². The summed E-state index contributed by atoms with van der Waals surface area (Å²) in [5.74, 6) is 0.0152. The van der Waals surface area contributed by atoms with Crippen molar-refractivity contribution in [1.29, 1.82) is 0 Å².